The summed E-state index contributed by atoms with van der Waals surface area (Å²) < 4.78 is 5.08. The molecule has 2 heterocycles. The van der Waals surface area contributed by atoms with Gasteiger partial charge in [-0.1, -0.05) is 140 Å². The Balaban J connectivity index is 1.05. The third-order valence-electron chi connectivity index (χ3n) is 12.1. The molecule has 0 aliphatic heterocycles. The van der Waals surface area contributed by atoms with Gasteiger partial charge in [0.25, 0.3) is 0 Å². The van der Waals surface area contributed by atoms with Crippen LogP contribution in [-0.2, 0) is 0 Å². The maximum Gasteiger partial charge on any atom is 0.123 e. The van der Waals surface area contributed by atoms with Crippen molar-refractivity contribution < 1.29 is 0 Å². The Kier molecular flexibility index (Phi) is 7.77. The second-order valence-corrected chi connectivity index (χ2v) is 16.4. The molecule has 0 radical (unpaired) electrons. The summed E-state index contributed by atoms with van der Waals surface area (Å²) in [5.41, 5.74) is 17.4. The van der Waals surface area contributed by atoms with Crippen LogP contribution < -0.4 is 5.73 Å². The summed E-state index contributed by atoms with van der Waals surface area (Å²) in [5, 5.41) is 7.68. The molecule has 11 rings (SSSR count). The summed E-state index contributed by atoms with van der Waals surface area (Å²) in [6.07, 6.45) is -0.436. The van der Waals surface area contributed by atoms with Crippen LogP contribution in [0.3, 0.4) is 0 Å². The van der Waals surface area contributed by atoms with E-state index < -0.39 is 6.17 Å². The molecule has 3 nitrogen and oxygen atoms in total. The molecule has 4 atom stereocenters. The second-order valence-electron chi connectivity index (χ2n) is 15.3. The van der Waals surface area contributed by atoms with Gasteiger partial charge in [0.15, 0.2) is 0 Å². The summed E-state index contributed by atoms with van der Waals surface area (Å²) in [6, 6.07) is 66.1. The fraction of sp³-hybridized carbons (Fsp3) is 0.0962. The van der Waals surface area contributed by atoms with E-state index in [0.29, 0.717) is 17.8 Å². The van der Waals surface area contributed by atoms with Gasteiger partial charge in [0, 0.05) is 48.3 Å². The third kappa shape index (κ3) is 5.40. The molecule has 2 N–H and O–H groups in total. The number of fused-ring (bicyclic) bond motifs is 8. The first-order valence-electron chi connectivity index (χ1n) is 19.5. The van der Waals surface area contributed by atoms with Crippen LogP contribution in [0.2, 0.25) is 0 Å². The lowest BCUT2D eigenvalue weighted by Crippen LogP contribution is -2.14. The number of aliphatic imine (C=N–C) groups is 1. The van der Waals surface area contributed by atoms with E-state index in [4.69, 9.17) is 10.7 Å². The first kappa shape index (κ1) is 33.0. The normalized spacial score (nSPS) is 17.7. The zero-order chi connectivity index (χ0) is 37.3. The first-order chi connectivity index (χ1) is 27.6. The largest absolute Gasteiger partial charge is 0.309 e. The molecule has 1 aliphatic rings. The molecule has 1 saturated carbocycles. The highest BCUT2D eigenvalue weighted by Gasteiger charge is 2.50. The van der Waals surface area contributed by atoms with E-state index >= 15 is 0 Å². The molecule has 8 aromatic carbocycles. The van der Waals surface area contributed by atoms with Crippen molar-refractivity contribution in [1.82, 2.24) is 4.57 Å². The van der Waals surface area contributed by atoms with E-state index in [1.165, 1.54) is 69.4 Å². The van der Waals surface area contributed by atoms with Crippen LogP contribution in [0.5, 0.6) is 0 Å². The van der Waals surface area contributed by atoms with Crippen LogP contribution >= 0.6 is 11.3 Å². The summed E-state index contributed by atoms with van der Waals surface area (Å²) in [7, 11) is 0. The smallest absolute Gasteiger partial charge is 0.123 e. The zero-order valence-corrected chi connectivity index (χ0v) is 31.8. The minimum atomic E-state index is -0.436. The molecule has 3 unspecified atom stereocenters. The molecular weight excluding hydrogens is 699 g/mol. The molecule has 0 bridgehead atoms. The van der Waals surface area contributed by atoms with Gasteiger partial charge >= 0.3 is 0 Å². The topological polar surface area (TPSA) is 43.3 Å². The fourth-order valence-corrected chi connectivity index (χ4v) is 10.3. The standard InChI is InChI=1S/C52H39N3S/c1-32-48(34-13-4-2-5-14-34)49(32)51(54-52(53)36-15-6-3-7-16-36)35-20-25-39(26-21-35)55-44-27-23-37(31-43(44)50-40-17-9-8-12-33(40)22-28-45(50)55)38-24-29-47-42(30-38)41-18-10-11-19-46(41)56-47/h2-32,48-49,52H,53H2,1H3/b54-51-/t32-,48?,49?,52?/m0/s1. The van der Waals surface area contributed by atoms with Crippen molar-refractivity contribution >= 4 is 69.8 Å². The van der Waals surface area contributed by atoms with Gasteiger partial charge in [-0.3, -0.25) is 4.99 Å². The minimum Gasteiger partial charge on any atom is -0.309 e. The number of hydrogen-bond donors (Lipinski definition) is 1. The minimum absolute atomic E-state index is 0.294. The van der Waals surface area contributed by atoms with Crippen molar-refractivity contribution in [1.29, 1.82) is 0 Å². The van der Waals surface area contributed by atoms with Crippen molar-refractivity contribution in [2.45, 2.75) is 19.0 Å². The molecule has 4 heteroatoms. The lowest BCUT2D eigenvalue weighted by Gasteiger charge is -2.14. The quantitative estimate of drug-likeness (QED) is 0.163. The monoisotopic (exact) mass is 737 g/mol. The molecule has 10 aromatic rings. The van der Waals surface area contributed by atoms with Crippen molar-refractivity contribution in [3.05, 3.63) is 199 Å². The highest BCUT2D eigenvalue weighted by Crippen LogP contribution is 2.55. The number of hydrogen-bond acceptors (Lipinski definition) is 3. The maximum atomic E-state index is 6.81. The Hall–Kier alpha value is -6.33. The van der Waals surface area contributed by atoms with Crippen LogP contribution in [0.25, 0.3) is 69.6 Å². The summed E-state index contributed by atoms with van der Waals surface area (Å²) in [4.78, 5) is 5.29. The van der Waals surface area contributed by atoms with Gasteiger partial charge in [0.1, 0.15) is 6.17 Å². The van der Waals surface area contributed by atoms with E-state index in [-0.39, 0.29) is 0 Å². The SMILES string of the molecule is C[C@@H]1C(/C(=N\C(N)c2ccccc2)c2ccc(-n3c4ccc(-c5ccc6sc7ccccc7c6c5)cc4c4c5ccccc5ccc43)cc2)C1c1ccccc1. The van der Waals surface area contributed by atoms with Crippen LogP contribution in [0.4, 0.5) is 0 Å². The Morgan fingerprint density at radius 1 is 0.589 bits per heavy atom. The summed E-state index contributed by atoms with van der Waals surface area (Å²) in [6.45, 7) is 2.34. The van der Waals surface area contributed by atoms with Crippen LogP contribution in [-0.4, -0.2) is 10.3 Å². The van der Waals surface area contributed by atoms with Crippen molar-refractivity contribution in [3.63, 3.8) is 0 Å². The van der Waals surface area contributed by atoms with Gasteiger partial charge in [-0.05, 0) is 99.0 Å². The lowest BCUT2D eigenvalue weighted by atomic mass is 9.99. The predicted octanol–water partition coefficient (Wildman–Crippen LogP) is 13.5. The third-order valence-corrected chi connectivity index (χ3v) is 13.2. The van der Waals surface area contributed by atoms with Gasteiger partial charge in [-0.25, -0.2) is 0 Å². The number of nitrogens with zero attached hydrogens (tertiary/aromatic N) is 2. The average Bonchev–Trinajstić information content (AvgIpc) is 3.60. The number of benzene rings is 8. The molecule has 268 valence electrons. The maximum absolute atomic E-state index is 6.81. The molecule has 0 saturated heterocycles. The van der Waals surface area contributed by atoms with Crippen molar-refractivity contribution in [3.8, 4) is 16.8 Å². The van der Waals surface area contributed by atoms with Crippen LogP contribution in [0, 0.1) is 11.8 Å². The number of aromatic nitrogens is 1. The molecule has 1 aliphatic carbocycles. The number of nitrogens with two attached hydrogens (primary N) is 1. The van der Waals surface area contributed by atoms with Crippen molar-refractivity contribution in [2.75, 3.05) is 0 Å². The number of rotatable bonds is 7. The van der Waals surface area contributed by atoms with Crippen LogP contribution in [0.1, 0.15) is 35.7 Å². The molecule has 0 amide bonds. The highest BCUT2D eigenvalue weighted by molar-refractivity contribution is 7.25. The molecular formula is C52H39N3S. The Morgan fingerprint density at radius 2 is 1.23 bits per heavy atom. The molecule has 56 heavy (non-hydrogen) atoms. The van der Waals surface area contributed by atoms with E-state index in [0.717, 1.165) is 22.5 Å². The highest BCUT2D eigenvalue weighted by atomic mass is 32.1. The lowest BCUT2D eigenvalue weighted by molar-refractivity contribution is 0.765. The molecule has 1 fully saturated rings. The predicted molar refractivity (Wildman–Crippen MR) is 238 cm³/mol. The van der Waals surface area contributed by atoms with Gasteiger partial charge in [0.05, 0.1) is 11.0 Å². The summed E-state index contributed by atoms with van der Waals surface area (Å²) in [5.74, 6) is 1.18. The van der Waals surface area contributed by atoms with E-state index in [9.17, 15) is 0 Å². The average molecular weight is 738 g/mol. The summed E-state index contributed by atoms with van der Waals surface area (Å²) >= 11 is 1.86. The Morgan fingerprint density at radius 3 is 2.04 bits per heavy atom. The molecule has 2 aromatic heterocycles. The Bertz CT molecular complexity index is 3120. The number of thiophene rings is 1. The Labute approximate surface area is 330 Å². The van der Waals surface area contributed by atoms with Gasteiger partial charge in [0.2, 0.25) is 0 Å². The van der Waals surface area contributed by atoms with E-state index in [2.05, 4.69) is 175 Å². The van der Waals surface area contributed by atoms with Gasteiger partial charge in [-0.15, -0.1) is 11.3 Å². The van der Waals surface area contributed by atoms with E-state index in [1.807, 2.05) is 29.5 Å². The van der Waals surface area contributed by atoms with Gasteiger partial charge in [-0.2, -0.15) is 0 Å². The first-order valence-corrected chi connectivity index (χ1v) is 20.3. The second kappa shape index (κ2) is 13.2. The van der Waals surface area contributed by atoms with Crippen molar-refractivity contribution in [2.24, 2.45) is 22.6 Å². The van der Waals surface area contributed by atoms with E-state index in [1.54, 1.807) is 0 Å². The fourth-order valence-electron chi connectivity index (χ4n) is 9.23. The van der Waals surface area contributed by atoms with Crippen LogP contribution in [0.15, 0.2) is 187 Å². The molecule has 0 spiro atoms. The zero-order valence-electron chi connectivity index (χ0n) is 31.0. The van der Waals surface area contributed by atoms with Gasteiger partial charge < -0.3 is 10.3 Å².